The lowest BCUT2D eigenvalue weighted by Gasteiger charge is -1.99. The molecule has 0 fully saturated rings. The molecule has 0 aromatic carbocycles. The molecule has 0 atom stereocenters. The third-order valence-corrected chi connectivity index (χ3v) is 3.01. The molecule has 1 aromatic rings. The monoisotopic (exact) mass is 244 g/mol. The van der Waals surface area contributed by atoms with Gasteiger partial charge in [-0.3, -0.25) is 9.59 Å². The molecular formula is C9H12N2O2S2. The summed E-state index contributed by atoms with van der Waals surface area (Å²) in [6.45, 7) is 1.45. The van der Waals surface area contributed by atoms with Gasteiger partial charge in [-0.15, -0.1) is 11.3 Å². The van der Waals surface area contributed by atoms with E-state index in [4.69, 9.17) is 0 Å². The first kappa shape index (κ1) is 12.2. The molecule has 0 saturated heterocycles. The molecule has 1 amide bonds. The first-order chi connectivity index (χ1) is 7.13. The lowest BCUT2D eigenvalue weighted by molar-refractivity contribution is -0.115. The van der Waals surface area contributed by atoms with Crippen molar-refractivity contribution in [3.8, 4) is 0 Å². The maximum Gasteiger partial charge on any atom is 0.226 e. The number of rotatable bonds is 5. The van der Waals surface area contributed by atoms with Crippen LogP contribution in [-0.2, 0) is 4.79 Å². The highest BCUT2D eigenvalue weighted by molar-refractivity contribution is 7.98. The molecule has 0 saturated carbocycles. The number of thioether (sulfide) groups is 1. The van der Waals surface area contributed by atoms with Gasteiger partial charge in [0.15, 0.2) is 10.9 Å². The second-order valence-corrected chi connectivity index (χ2v) is 4.73. The van der Waals surface area contributed by atoms with Crippen LogP contribution in [0.1, 0.15) is 23.8 Å². The van der Waals surface area contributed by atoms with Crippen LogP contribution in [0.3, 0.4) is 0 Å². The van der Waals surface area contributed by atoms with E-state index in [2.05, 4.69) is 10.3 Å². The molecule has 1 heterocycles. The summed E-state index contributed by atoms with van der Waals surface area (Å²) in [5.41, 5.74) is 0.403. The maximum atomic E-state index is 11.3. The number of hydrogen-bond donors (Lipinski definition) is 1. The van der Waals surface area contributed by atoms with Crippen molar-refractivity contribution in [1.29, 1.82) is 0 Å². The SMILES string of the molecule is CSCCC(=O)Nc1nc(C(C)=O)cs1. The summed E-state index contributed by atoms with van der Waals surface area (Å²) in [6, 6.07) is 0. The molecule has 0 bridgehead atoms. The van der Waals surface area contributed by atoms with Crippen molar-refractivity contribution in [1.82, 2.24) is 4.98 Å². The van der Waals surface area contributed by atoms with Gasteiger partial charge in [0, 0.05) is 24.5 Å². The van der Waals surface area contributed by atoms with Gasteiger partial charge in [-0.1, -0.05) is 0 Å². The van der Waals surface area contributed by atoms with Crippen LogP contribution in [0.4, 0.5) is 5.13 Å². The van der Waals surface area contributed by atoms with E-state index in [-0.39, 0.29) is 11.7 Å². The van der Waals surface area contributed by atoms with Crippen LogP contribution in [-0.4, -0.2) is 28.7 Å². The summed E-state index contributed by atoms with van der Waals surface area (Å²) in [7, 11) is 0. The number of nitrogens with one attached hydrogen (secondary N) is 1. The largest absolute Gasteiger partial charge is 0.302 e. The molecule has 0 spiro atoms. The average molecular weight is 244 g/mol. The third kappa shape index (κ3) is 4.01. The van der Waals surface area contributed by atoms with Crippen LogP contribution in [0.5, 0.6) is 0 Å². The number of nitrogens with zero attached hydrogens (tertiary/aromatic N) is 1. The van der Waals surface area contributed by atoms with E-state index in [1.165, 1.54) is 18.3 Å². The Hall–Kier alpha value is -0.880. The predicted octanol–water partition coefficient (Wildman–Crippen LogP) is 2.04. The van der Waals surface area contributed by atoms with Gasteiger partial charge in [-0.05, 0) is 6.26 Å². The molecule has 0 unspecified atom stereocenters. The molecule has 15 heavy (non-hydrogen) atoms. The summed E-state index contributed by atoms with van der Waals surface area (Å²) < 4.78 is 0. The maximum absolute atomic E-state index is 11.3. The molecule has 1 N–H and O–H groups in total. The highest BCUT2D eigenvalue weighted by Gasteiger charge is 2.08. The van der Waals surface area contributed by atoms with Crippen molar-refractivity contribution in [3.63, 3.8) is 0 Å². The van der Waals surface area contributed by atoms with Crippen LogP contribution in [0.15, 0.2) is 5.38 Å². The summed E-state index contributed by atoms with van der Waals surface area (Å²) in [4.78, 5) is 26.2. The molecule has 1 aromatic heterocycles. The van der Waals surface area contributed by atoms with Crippen LogP contribution >= 0.6 is 23.1 Å². The molecule has 82 valence electrons. The Balaban J connectivity index is 2.50. The molecule has 0 aliphatic carbocycles. The Morgan fingerprint density at radius 3 is 2.87 bits per heavy atom. The number of amides is 1. The van der Waals surface area contributed by atoms with Crippen molar-refractivity contribution in [3.05, 3.63) is 11.1 Å². The summed E-state index contributed by atoms with van der Waals surface area (Å²) >= 11 is 2.89. The zero-order valence-electron chi connectivity index (χ0n) is 8.57. The van der Waals surface area contributed by atoms with Crippen LogP contribution in [0, 0.1) is 0 Å². The van der Waals surface area contributed by atoms with Gasteiger partial charge in [0.25, 0.3) is 0 Å². The number of thiazole rings is 1. The van der Waals surface area contributed by atoms with E-state index >= 15 is 0 Å². The Morgan fingerprint density at radius 1 is 1.60 bits per heavy atom. The van der Waals surface area contributed by atoms with Crippen LogP contribution < -0.4 is 5.32 Å². The quantitative estimate of drug-likeness (QED) is 0.805. The molecular weight excluding hydrogens is 232 g/mol. The zero-order chi connectivity index (χ0) is 11.3. The molecule has 0 aliphatic heterocycles. The standard InChI is InChI=1S/C9H12N2O2S2/c1-6(12)7-5-15-9(10-7)11-8(13)3-4-14-2/h5H,3-4H2,1-2H3,(H,10,11,13). The Kier molecular flexibility index (Phi) is 4.77. The van der Waals surface area contributed by atoms with E-state index in [9.17, 15) is 9.59 Å². The Bertz CT molecular complexity index is 363. The second kappa shape index (κ2) is 5.87. The Morgan fingerprint density at radius 2 is 2.33 bits per heavy atom. The number of hydrogen-bond acceptors (Lipinski definition) is 5. The number of ketones is 1. The van der Waals surface area contributed by atoms with Crippen molar-refractivity contribution >= 4 is 39.9 Å². The smallest absolute Gasteiger partial charge is 0.226 e. The first-order valence-corrected chi connectivity index (χ1v) is 6.66. The van der Waals surface area contributed by atoms with Crippen molar-refractivity contribution in [2.75, 3.05) is 17.3 Å². The second-order valence-electron chi connectivity index (χ2n) is 2.89. The van der Waals surface area contributed by atoms with Gasteiger partial charge in [-0.2, -0.15) is 11.8 Å². The molecule has 0 radical (unpaired) electrons. The van der Waals surface area contributed by atoms with Crippen molar-refractivity contribution < 1.29 is 9.59 Å². The van der Waals surface area contributed by atoms with Crippen molar-refractivity contribution in [2.45, 2.75) is 13.3 Å². The fraction of sp³-hybridized carbons (Fsp3) is 0.444. The summed E-state index contributed by atoms with van der Waals surface area (Å²) in [6.07, 6.45) is 2.42. The minimum Gasteiger partial charge on any atom is -0.302 e. The highest BCUT2D eigenvalue weighted by Crippen LogP contribution is 2.15. The van der Waals surface area contributed by atoms with Crippen LogP contribution in [0.25, 0.3) is 0 Å². The normalized spacial score (nSPS) is 10.0. The van der Waals surface area contributed by atoms with E-state index in [1.54, 1.807) is 17.1 Å². The van der Waals surface area contributed by atoms with Gasteiger partial charge in [0.1, 0.15) is 5.69 Å². The highest BCUT2D eigenvalue weighted by atomic mass is 32.2. The van der Waals surface area contributed by atoms with E-state index in [1.807, 2.05) is 6.26 Å². The summed E-state index contributed by atoms with van der Waals surface area (Å²) in [5.74, 6) is 0.640. The van der Waals surface area contributed by atoms with Gasteiger partial charge < -0.3 is 5.32 Å². The fourth-order valence-corrected chi connectivity index (χ4v) is 2.02. The zero-order valence-corrected chi connectivity index (χ0v) is 10.2. The third-order valence-electron chi connectivity index (χ3n) is 1.64. The minimum absolute atomic E-state index is 0.0613. The van der Waals surface area contributed by atoms with Gasteiger partial charge in [0.2, 0.25) is 5.91 Å². The van der Waals surface area contributed by atoms with E-state index < -0.39 is 0 Å². The average Bonchev–Trinajstić information content (AvgIpc) is 2.63. The predicted molar refractivity (Wildman–Crippen MR) is 63.7 cm³/mol. The van der Waals surface area contributed by atoms with Gasteiger partial charge in [0.05, 0.1) is 0 Å². The number of Topliss-reactive ketones (excluding diaryl/α,β-unsaturated/α-hetero) is 1. The minimum atomic E-state index is -0.0872. The van der Waals surface area contributed by atoms with E-state index in [0.717, 1.165) is 5.75 Å². The lowest BCUT2D eigenvalue weighted by atomic mass is 10.4. The van der Waals surface area contributed by atoms with Crippen molar-refractivity contribution in [2.24, 2.45) is 0 Å². The molecule has 1 rings (SSSR count). The number of anilines is 1. The lowest BCUT2D eigenvalue weighted by Crippen LogP contribution is -2.12. The van der Waals surface area contributed by atoms with E-state index in [0.29, 0.717) is 17.2 Å². The van der Waals surface area contributed by atoms with Crippen LogP contribution in [0.2, 0.25) is 0 Å². The van der Waals surface area contributed by atoms with Gasteiger partial charge >= 0.3 is 0 Å². The number of carbonyl (C=O) groups is 2. The number of aromatic nitrogens is 1. The molecule has 6 heteroatoms. The topological polar surface area (TPSA) is 59.1 Å². The van der Waals surface area contributed by atoms with Gasteiger partial charge in [-0.25, -0.2) is 4.98 Å². The fourth-order valence-electron chi connectivity index (χ4n) is 0.869. The molecule has 0 aliphatic rings. The molecule has 4 nitrogen and oxygen atoms in total. The Labute approximate surface area is 96.5 Å². The first-order valence-electron chi connectivity index (χ1n) is 4.38. The summed E-state index contributed by atoms with van der Waals surface area (Å²) in [5, 5.41) is 4.79. The number of carbonyl (C=O) groups excluding carboxylic acids is 2.